The summed E-state index contributed by atoms with van der Waals surface area (Å²) in [4.78, 5) is 12.9. The van der Waals surface area contributed by atoms with E-state index in [-0.39, 0.29) is 11.3 Å². The van der Waals surface area contributed by atoms with Crippen LogP contribution in [0.5, 0.6) is 0 Å². The molecule has 20 heavy (non-hydrogen) atoms. The second-order valence-corrected chi connectivity index (χ2v) is 4.86. The van der Waals surface area contributed by atoms with E-state index in [1.54, 1.807) is 12.1 Å². The molecule has 0 saturated carbocycles. The number of carbonyl (C=O) groups excluding carboxylic acids is 1. The number of benzene rings is 2. The highest BCUT2D eigenvalue weighted by molar-refractivity contribution is 7.98. The van der Waals surface area contributed by atoms with Crippen LogP contribution in [0, 0.1) is 11.6 Å². The van der Waals surface area contributed by atoms with Crippen LogP contribution >= 0.6 is 11.8 Å². The molecule has 2 rings (SSSR count). The predicted octanol–water partition coefficient (Wildman–Crippen LogP) is 3.52. The molecule has 0 aliphatic heterocycles. The van der Waals surface area contributed by atoms with E-state index in [0.717, 1.165) is 11.0 Å². The van der Waals surface area contributed by atoms with Crippen molar-refractivity contribution in [2.24, 2.45) is 0 Å². The van der Waals surface area contributed by atoms with Crippen LogP contribution in [0.25, 0.3) is 0 Å². The van der Waals surface area contributed by atoms with E-state index in [4.69, 9.17) is 5.73 Å². The third kappa shape index (κ3) is 2.91. The van der Waals surface area contributed by atoms with Crippen LogP contribution in [0.1, 0.15) is 10.4 Å². The Labute approximate surface area is 119 Å². The number of nitrogen functional groups attached to an aromatic ring is 1. The molecular weight excluding hydrogens is 282 g/mol. The van der Waals surface area contributed by atoms with Crippen molar-refractivity contribution in [3.8, 4) is 0 Å². The molecule has 0 fully saturated rings. The lowest BCUT2D eigenvalue weighted by molar-refractivity contribution is 0.102. The molecule has 0 saturated heterocycles. The summed E-state index contributed by atoms with van der Waals surface area (Å²) in [6, 6.07) is 8.71. The van der Waals surface area contributed by atoms with Crippen molar-refractivity contribution in [3.05, 3.63) is 53.6 Å². The second kappa shape index (κ2) is 5.92. The van der Waals surface area contributed by atoms with Crippen LogP contribution in [0.2, 0.25) is 0 Å². The van der Waals surface area contributed by atoms with E-state index in [0.29, 0.717) is 11.8 Å². The number of carbonyl (C=O) groups is 1. The molecule has 1 amide bonds. The Morgan fingerprint density at radius 3 is 2.60 bits per heavy atom. The molecule has 0 atom stereocenters. The Bertz CT molecular complexity index is 662. The van der Waals surface area contributed by atoms with Crippen molar-refractivity contribution in [1.29, 1.82) is 0 Å². The van der Waals surface area contributed by atoms with Gasteiger partial charge in [0, 0.05) is 11.0 Å². The van der Waals surface area contributed by atoms with E-state index >= 15 is 0 Å². The van der Waals surface area contributed by atoms with Gasteiger partial charge in [0.1, 0.15) is 11.6 Å². The third-order valence-corrected chi connectivity index (χ3v) is 3.48. The van der Waals surface area contributed by atoms with Gasteiger partial charge in [-0.05, 0) is 24.5 Å². The summed E-state index contributed by atoms with van der Waals surface area (Å²) in [6.45, 7) is 0. The number of hydrogen-bond acceptors (Lipinski definition) is 3. The first kappa shape index (κ1) is 14.3. The van der Waals surface area contributed by atoms with Crippen LogP contribution in [0.4, 0.5) is 20.2 Å². The molecule has 0 aliphatic rings. The highest BCUT2D eigenvalue weighted by Gasteiger charge is 2.16. The summed E-state index contributed by atoms with van der Waals surface area (Å²) in [5.74, 6) is -2.50. The van der Waals surface area contributed by atoms with Gasteiger partial charge in [-0.1, -0.05) is 12.1 Å². The van der Waals surface area contributed by atoms with Crippen molar-refractivity contribution in [2.75, 3.05) is 17.3 Å². The van der Waals surface area contributed by atoms with E-state index < -0.39 is 17.5 Å². The Morgan fingerprint density at radius 1 is 1.20 bits per heavy atom. The maximum atomic E-state index is 13.6. The minimum Gasteiger partial charge on any atom is -0.396 e. The maximum absolute atomic E-state index is 13.6. The molecule has 0 unspecified atom stereocenters. The first-order valence-corrected chi connectivity index (χ1v) is 6.94. The fourth-order valence-corrected chi connectivity index (χ4v) is 2.23. The molecule has 3 nitrogen and oxygen atoms in total. The van der Waals surface area contributed by atoms with Crippen molar-refractivity contribution in [1.82, 2.24) is 0 Å². The molecule has 0 aromatic heterocycles. The predicted molar refractivity (Wildman–Crippen MR) is 76.9 cm³/mol. The minimum atomic E-state index is -0.948. The topological polar surface area (TPSA) is 55.1 Å². The molecule has 2 aromatic carbocycles. The number of rotatable bonds is 3. The first-order valence-electron chi connectivity index (χ1n) is 5.72. The van der Waals surface area contributed by atoms with Gasteiger partial charge in [-0.2, -0.15) is 0 Å². The quantitative estimate of drug-likeness (QED) is 0.672. The van der Waals surface area contributed by atoms with Gasteiger partial charge in [-0.25, -0.2) is 8.78 Å². The standard InChI is InChI=1S/C14H12F2N2OS/c1-20-13-5-3-2-4-12(13)18-14(19)8-6-11(17)10(16)7-9(8)15/h2-7H,17H2,1H3,(H,18,19). The second-order valence-electron chi connectivity index (χ2n) is 4.01. The van der Waals surface area contributed by atoms with Gasteiger partial charge < -0.3 is 11.1 Å². The van der Waals surface area contributed by atoms with Gasteiger partial charge in [-0.3, -0.25) is 4.79 Å². The van der Waals surface area contributed by atoms with Gasteiger partial charge in [0.05, 0.1) is 16.9 Å². The molecule has 0 spiro atoms. The van der Waals surface area contributed by atoms with Crippen LogP contribution in [0.3, 0.4) is 0 Å². The molecule has 0 heterocycles. The third-order valence-electron chi connectivity index (χ3n) is 2.69. The van der Waals surface area contributed by atoms with Crippen LogP contribution < -0.4 is 11.1 Å². The van der Waals surface area contributed by atoms with E-state index in [1.165, 1.54) is 11.8 Å². The number of anilines is 2. The normalized spacial score (nSPS) is 10.3. The van der Waals surface area contributed by atoms with Crippen molar-refractivity contribution >= 4 is 29.0 Å². The number of nitrogens with one attached hydrogen (secondary N) is 1. The number of halogens is 2. The largest absolute Gasteiger partial charge is 0.396 e. The monoisotopic (exact) mass is 294 g/mol. The Balaban J connectivity index is 2.31. The van der Waals surface area contributed by atoms with Gasteiger partial charge >= 0.3 is 0 Å². The summed E-state index contributed by atoms with van der Waals surface area (Å²) in [5.41, 5.74) is 5.35. The molecular formula is C14H12F2N2OS. The van der Waals surface area contributed by atoms with Crippen molar-refractivity contribution < 1.29 is 13.6 Å². The highest BCUT2D eigenvalue weighted by atomic mass is 32.2. The lowest BCUT2D eigenvalue weighted by Gasteiger charge is -2.10. The van der Waals surface area contributed by atoms with Gasteiger partial charge in [0.2, 0.25) is 0 Å². The molecule has 6 heteroatoms. The number of hydrogen-bond donors (Lipinski definition) is 2. The minimum absolute atomic E-state index is 0.269. The molecule has 3 N–H and O–H groups in total. The zero-order valence-corrected chi connectivity index (χ0v) is 11.4. The lowest BCUT2D eigenvalue weighted by Crippen LogP contribution is -2.15. The molecule has 0 aliphatic carbocycles. The van der Waals surface area contributed by atoms with Crippen LogP contribution in [-0.2, 0) is 0 Å². The van der Waals surface area contributed by atoms with Gasteiger partial charge in [0.15, 0.2) is 0 Å². The Kier molecular flexibility index (Phi) is 4.24. The Morgan fingerprint density at radius 2 is 1.90 bits per heavy atom. The zero-order chi connectivity index (χ0) is 14.7. The Hall–Kier alpha value is -2.08. The maximum Gasteiger partial charge on any atom is 0.258 e. The summed E-state index contributed by atoms with van der Waals surface area (Å²) >= 11 is 1.45. The average molecular weight is 294 g/mol. The fraction of sp³-hybridized carbons (Fsp3) is 0.0714. The molecule has 104 valence electrons. The summed E-state index contributed by atoms with van der Waals surface area (Å²) in [5, 5.41) is 2.59. The lowest BCUT2D eigenvalue weighted by atomic mass is 10.1. The number of thioether (sulfide) groups is 1. The molecule has 0 bridgehead atoms. The van der Waals surface area contributed by atoms with E-state index in [2.05, 4.69) is 5.32 Å². The van der Waals surface area contributed by atoms with Crippen molar-refractivity contribution in [2.45, 2.75) is 4.90 Å². The smallest absolute Gasteiger partial charge is 0.258 e. The van der Waals surface area contributed by atoms with E-state index in [1.807, 2.05) is 18.4 Å². The fourth-order valence-electron chi connectivity index (χ4n) is 1.68. The van der Waals surface area contributed by atoms with Gasteiger partial charge in [-0.15, -0.1) is 11.8 Å². The molecule has 2 aromatic rings. The van der Waals surface area contributed by atoms with Crippen LogP contribution in [-0.4, -0.2) is 12.2 Å². The van der Waals surface area contributed by atoms with Gasteiger partial charge in [0.25, 0.3) is 5.91 Å². The summed E-state index contributed by atoms with van der Waals surface area (Å²) in [7, 11) is 0. The number of para-hydroxylation sites is 1. The summed E-state index contributed by atoms with van der Waals surface area (Å²) < 4.78 is 26.7. The highest BCUT2D eigenvalue weighted by Crippen LogP contribution is 2.26. The van der Waals surface area contributed by atoms with Crippen molar-refractivity contribution in [3.63, 3.8) is 0 Å². The number of amides is 1. The zero-order valence-electron chi connectivity index (χ0n) is 10.6. The summed E-state index contributed by atoms with van der Waals surface area (Å²) in [6.07, 6.45) is 1.86. The SMILES string of the molecule is CSc1ccccc1NC(=O)c1cc(N)c(F)cc1F. The number of nitrogens with two attached hydrogens (primary N) is 1. The average Bonchev–Trinajstić information content (AvgIpc) is 2.43. The van der Waals surface area contributed by atoms with Crippen LogP contribution in [0.15, 0.2) is 41.3 Å². The first-order chi connectivity index (χ1) is 9.52. The molecule has 0 radical (unpaired) electrons. The van der Waals surface area contributed by atoms with E-state index in [9.17, 15) is 13.6 Å².